The Bertz CT molecular complexity index is 844. The van der Waals surface area contributed by atoms with Crippen molar-refractivity contribution in [1.29, 1.82) is 5.26 Å². The molecule has 0 aliphatic heterocycles. The number of ether oxygens (including phenoxy) is 1. The van der Waals surface area contributed by atoms with E-state index in [1.807, 2.05) is 6.07 Å². The maximum Gasteiger partial charge on any atom is 0.271 e. The summed E-state index contributed by atoms with van der Waals surface area (Å²) in [5, 5.41) is 30.9. The smallest absolute Gasteiger partial charge is 0.271 e. The molecule has 0 spiro atoms. The first-order valence-corrected chi connectivity index (χ1v) is 6.70. The van der Waals surface area contributed by atoms with E-state index in [1.54, 1.807) is 13.0 Å². The molecule has 1 N–H and O–H groups in total. The molecule has 0 unspecified atom stereocenters. The summed E-state index contributed by atoms with van der Waals surface area (Å²) in [4.78, 5) is 12.2. The normalized spacial score (nSPS) is 11.0. The van der Waals surface area contributed by atoms with Gasteiger partial charge in [-0.3, -0.25) is 9.36 Å². The molecule has 0 atom stereocenters. The van der Waals surface area contributed by atoms with E-state index < -0.39 is 5.56 Å². The number of hydrogen-bond donors (Lipinski definition) is 1. The van der Waals surface area contributed by atoms with Gasteiger partial charge in [-0.05, 0) is 13.8 Å². The third-order valence-corrected chi connectivity index (χ3v) is 3.16. The molecule has 0 aromatic carbocycles. The predicted molar refractivity (Wildman–Crippen MR) is 79.1 cm³/mol. The van der Waals surface area contributed by atoms with E-state index in [9.17, 15) is 15.2 Å². The highest BCUT2D eigenvalue weighted by atomic mass is 16.5. The van der Waals surface area contributed by atoms with Crippen LogP contribution in [0.1, 0.15) is 16.9 Å². The number of nitriles is 1. The molecule has 0 aliphatic carbocycles. The van der Waals surface area contributed by atoms with Gasteiger partial charge in [0.2, 0.25) is 11.7 Å². The fourth-order valence-corrected chi connectivity index (χ4v) is 1.95. The predicted octanol–water partition coefficient (Wildman–Crippen LogP) is 2.09. The van der Waals surface area contributed by atoms with Gasteiger partial charge >= 0.3 is 0 Å². The van der Waals surface area contributed by atoms with E-state index in [2.05, 4.69) is 15.4 Å². The van der Waals surface area contributed by atoms with Gasteiger partial charge in [-0.25, -0.2) is 0 Å². The molecule has 2 aromatic rings. The molecule has 120 valence electrons. The number of hydrogen-bond acceptors (Lipinski definition) is 8. The Balaban J connectivity index is 2.56. The Labute approximate surface area is 131 Å². The van der Waals surface area contributed by atoms with Crippen LogP contribution in [0.4, 0.5) is 11.5 Å². The van der Waals surface area contributed by atoms with Gasteiger partial charge in [-0.1, -0.05) is 5.16 Å². The molecule has 9 nitrogen and oxygen atoms in total. The number of methoxy groups -OCH3 is 1. The minimum Gasteiger partial charge on any atom is -0.493 e. The first-order valence-electron chi connectivity index (χ1n) is 6.70. The van der Waals surface area contributed by atoms with E-state index in [0.29, 0.717) is 5.76 Å². The van der Waals surface area contributed by atoms with Gasteiger partial charge in [0.05, 0.1) is 13.2 Å². The highest BCUT2D eigenvalue weighted by molar-refractivity contribution is 5.59. The Hall–Kier alpha value is -2.99. The average molecular weight is 317 g/mol. The fraction of sp³-hybridized carbons (Fsp3) is 0.357. The summed E-state index contributed by atoms with van der Waals surface area (Å²) in [6.07, 6.45) is 0. The zero-order valence-electron chi connectivity index (χ0n) is 12.9. The summed E-state index contributed by atoms with van der Waals surface area (Å²) in [5.41, 5.74) is -0.439. The molecule has 9 heteroatoms. The lowest BCUT2D eigenvalue weighted by Crippen LogP contribution is -2.25. The van der Waals surface area contributed by atoms with Crippen molar-refractivity contribution in [2.45, 2.75) is 20.4 Å². The molecule has 0 amide bonds. The van der Waals surface area contributed by atoms with Crippen LogP contribution in [0.3, 0.4) is 0 Å². The monoisotopic (exact) mass is 317 g/mol. The minimum atomic E-state index is -0.601. The highest BCUT2D eigenvalue weighted by Gasteiger charge is 2.19. The Morgan fingerprint density at radius 1 is 1.48 bits per heavy atom. The van der Waals surface area contributed by atoms with Gasteiger partial charge in [-0.2, -0.15) is 5.26 Å². The summed E-state index contributed by atoms with van der Waals surface area (Å²) >= 11 is 0. The van der Waals surface area contributed by atoms with Crippen molar-refractivity contribution in [1.82, 2.24) is 9.72 Å². The van der Waals surface area contributed by atoms with Crippen molar-refractivity contribution in [3.63, 3.8) is 0 Å². The van der Waals surface area contributed by atoms with Crippen LogP contribution in [0.5, 0.6) is 5.88 Å². The van der Waals surface area contributed by atoms with E-state index in [4.69, 9.17) is 9.26 Å². The molecule has 0 radical (unpaired) electrons. The molecule has 23 heavy (non-hydrogen) atoms. The van der Waals surface area contributed by atoms with Crippen molar-refractivity contribution >= 4 is 11.5 Å². The van der Waals surface area contributed by atoms with Crippen LogP contribution in [0.25, 0.3) is 0 Å². The summed E-state index contributed by atoms with van der Waals surface area (Å²) in [5.74, 6) is 0.393. The number of nitrogens with zero attached hydrogens (tertiary/aromatic N) is 5. The van der Waals surface area contributed by atoms with Gasteiger partial charge < -0.3 is 14.4 Å². The molecule has 0 aliphatic rings. The molecule has 0 saturated heterocycles. The number of aryl methyl sites for hydroxylation is 1. The van der Waals surface area contributed by atoms with Crippen molar-refractivity contribution in [3.8, 4) is 11.9 Å². The lowest BCUT2D eigenvalue weighted by molar-refractivity contribution is 0.182. The standard InChI is InChI=1S/C14H15N5O4/c1-8-6-11(18-23-8)16-17-12-9(2)10(7-15)13(20)19(14(12)21)4-5-22-3/h6,21H,4-5H2,1-3H3. The van der Waals surface area contributed by atoms with Crippen LogP contribution < -0.4 is 5.56 Å². The summed E-state index contributed by atoms with van der Waals surface area (Å²) in [6, 6.07) is 3.39. The maximum atomic E-state index is 12.2. The molecule has 2 heterocycles. The lowest BCUT2D eigenvalue weighted by Gasteiger charge is -2.12. The van der Waals surface area contributed by atoms with E-state index in [0.717, 1.165) is 4.57 Å². The van der Waals surface area contributed by atoms with Gasteiger partial charge in [0.1, 0.15) is 17.4 Å². The Morgan fingerprint density at radius 2 is 2.22 bits per heavy atom. The zero-order valence-corrected chi connectivity index (χ0v) is 12.9. The molecule has 2 rings (SSSR count). The van der Waals surface area contributed by atoms with Crippen molar-refractivity contribution in [2.24, 2.45) is 10.2 Å². The van der Waals surface area contributed by atoms with Gasteiger partial charge in [0.25, 0.3) is 5.56 Å². The second kappa shape index (κ2) is 6.85. The highest BCUT2D eigenvalue weighted by Crippen LogP contribution is 2.31. The van der Waals surface area contributed by atoms with Crippen molar-refractivity contribution in [3.05, 3.63) is 33.3 Å². The number of rotatable bonds is 5. The maximum absolute atomic E-state index is 12.2. The third kappa shape index (κ3) is 3.27. The second-order valence-corrected chi connectivity index (χ2v) is 4.73. The minimum absolute atomic E-state index is 0.0258. The van der Waals surface area contributed by atoms with E-state index in [1.165, 1.54) is 14.0 Å². The van der Waals surface area contributed by atoms with Crippen LogP contribution in [0, 0.1) is 25.2 Å². The van der Waals surface area contributed by atoms with Gasteiger partial charge in [-0.15, -0.1) is 10.2 Å². The number of aromatic nitrogens is 2. The molecule has 0 fully saturated rings. The molecular weight excluding hydrogens is 302 g/mol. The van der Waals surface area contributed by atoms with Crippen LogP contribution in [0.2, 0.25) is 0 Å². The summed E-state index contributed by atoms with van der Waals surface area (Å²) < 4.78 is 10.8. The lowest BCUT2D eigenvalue weighted by atomic mass is 10.1. The SMILES string of the molecule is COCCn1c(O)c(N=Nc2cc(C)on2)c(C)c(C#N)c1=O. The zero-order chi connectivity index (χ0) is 17.0. The van der Waals surface area contributed by atoms with Crippen molar-refractivity contribution < 1.29 is 14.4 Å². The molecule has 2 aromatic heterocycles. The topological polar surface area (TPSA) is 126 Å². The van der Waals surface area contributed by atoms with Crippen LogP contribution in [-0.2, 0) is 11.3 Å². The fourth-order valence-electron chi connectivity index (χ4n) is 1.95. The Kier molecular flexibility index (Phi) is 4.88. The molecule has 0 bridgehead atoms. The quantitative estimate of drug-likeness (QED) is 0.841. The number of aromatic hydroxyl groups is 1. The number of azo groups is 1. The Morgan fingerprint density at radius 3 is 2.78 bits per heavy atom. The largest absolute Gasteiger partial charge is 0.493 e. The molecule has 0 saturated carbocycles. The summed E-state index contributed by atoms with van der Waals surface area (Å²) in [7, 11) is 1.47. The van der Waals surface area contributed by atoms with E-state index in [-0.39, 0.29) is 41.7 Å². The molecular formula is C14H15N5O4. The average Bonchev–Trinajstić information content (AvgIpc) is 2.93. The number of pyridine rings is 1. The third-order valence-electron chi connectivity index (χ3n) is 3.16. The summed E-state index contributed by atoms with van der Waals surface area (Å²) in [6.45, 7) is 3.50. The second-order valence-electron chi connectivity index (χ2n) is 4.73. The van der Waals surface area contributed by atoms with Crippen LogP contribution >= 0.6 is 0 Å². The first kappa shape index (κ1) is 16.4. The van der Waals surface area contributed by atoms with Crippen LogP contribution in [0.15, 0.2) is 25.6 Å². The van der Waals surface area contributed by atoms with Crippen LogP contribution in [-0.4, -0.2) is 28.5 Å². The first-order chi connectivity index (χ1) is 11.0. The van der Waals surface area contributed by atoms with Gasteiger partial charge in [0.15, 0.2) is 5.69 Å². The van der Waals surface area contributed by atoms with Crippen molar-refractivity contribution in [2.75, 3.05) is 13.7 Å². The van der Waals surface area contributed by atoms with Gasteiger partial charge in [0, 0.05) is 18.7 Å². The van der Waals surface area contributed by atoms with E-state index >= 15 is 0 Å².